The number of aliphatic hydroxyl groups excluding tert-OH is 1. The summed E-state index contributed by atoms with van der Waals surface area (Å²) < 4.78 is 4.94. The van der Waals surface area contributed by atoms with Gasteiger partial charge in [-0.1, -0.05) is 12.1 Å². The molecule has 1 rings (SSSR count). The van der Waals surface area contributed by atoms with E-state index in [0.29, 0.717) is 11.3 Å². The van der Waals surface area contributed by atoms with E-state index in [1.54, 1.807) is 19.2 Å². The van der Waals surface area contributed by atoms with E-state index in [-0.39, 0.29) is 6.61 Å². The standard InChI is InChI=1S/C8H9O2/c1-10-8-5-3-2-4-7(8)6-9/h2-3,5,9H,6H2,1H3. The highest BCUT2D eigenvalue weighted by Gasteiger charge is 1.97. The number of methoxy groups -OCH3 is 1. The van der Waals surface area contributed by atoms with Crippen LogP contribution in [-0.2, 0) is 6.61 Å². The smallest absolute Gasteiger partial charge is 0.124 e. The van der Waals surface area contributed by atoms with Gasteiger partial charge in [0.2, 0.25) is 0 Å². The Morgan fingerprint density at radius 2 is 2.50 bits per heavy atom. The second-order valence-electron chi connectivity index (χ2n) is 1.88. The average Bonchev–Trinajstić information content (AvgIpc) is 2.04. The minimum Gasteiger partial charge on any atom is -0.496 e. The zero-order valence-corrected chi connectivity index (χ0v) is 5.79. The Kier molecular flexibility index (Phi) is 2.29. The van der Waals surface area contributed by atoms with E-state index in [9.17, 15) is 0 Å². The van der Waals surface area contributed by atoms with Gasteiger partial charge in [-0.2, -0.15) is 0 Å². The molecule has 0 saturated carbocycles. The van der Waals surface area contributed by atoms with Gasteiger partial charge in [0, 0.05) is 5.56 Å². The summed E-state index contributed by atoms with van der Waals surface area (Å²) in [5.74, 6) is 0.685. The molecular weight excluding hydrogens is 128 g/mol. The first-order chi connectivity index (χ1) is 4.88. The van der Waals surface area contributed by atoms with Crippen LogP contribution in [0.1, 0.15) is 5.56 Å². The zero-order valence-electron chi connectivity index (χ0n) is 5.79. The Balaban J connectivity index is 2.96. The van der Waals surface area contributed by atoms with Crippen molar-refractivity contribution in [2.75, 3.05) is 7.11 Å². The lowest BCUT2D eigenvalue weighted by atomic mass is 10.2. The van der Waals surface area contributed by atoms with Crippen LogP contribution in [0.4, 0.5) is 0 Å². The average molecular weight is 137 g/mol. The molecule has 0 bridgehead atoms. The number of benzene rings is 1. The third-order valence-electron chi connectivity index (χ3n) is 1.28. The molecule has 53 valence electrons. The Hall–Kier alpha value is -1.02. The van der Waals surface area contributed by atoms with Gasteiger partial charge in [-0.25, -0.2) is 0 Å². The molecule has 0 aliphatic heterocycles. The molecular formula is C8H9O2. The van der Waals surface area contributed by atoms with Gasteiger partial charge < -0.3 is 9.84 Å². The van der Waals surface area contributed by atoms with Crippen LogP contribution >= 0.6 is 0 Å². The van der Waals surface area contributed by atoms with Crippen molar-refractivity contribution in [3.8, 4) is 5.75 Å². The van der Waals surface area contributed by atoms with Gasteiger partial charge in [0.1, 0.15) is 5.75 Å². The van der Waals surface area contributed by atoms with Gasteiger partial charge in [0.05, 0.1) is 13.7 Å². The van der Waals surface area contributed by atoms with Crippen LogP contribution in [0.3, 0.4) is 0 Å². The fourth-order valence-corrected chi connectivity index (χ4v) is 0.771. The molecule has 2 nitrogen and oxygen atoms in total. The van der Waals surface area contributed by atoms with Gasteiger partial charge in [-0.3, -0.25) is 0 Å². The Bertz CT molecular complexity index is 185. The van der Waals surface area contributed by atoms with Crippen molar-refractivity contribution in [2.24, 2.45) is 0 Å². The largest absolute Gasteiger partial charge is 0.496 e. The van der Waals surface area contributed by atoms with Crippen LogP contribution in [-0.4, -0.2) is 12.2 Å². The number of ether oxygens (including phenoxy) is 1. The summed E-state index contributed by atoms with van der Waals surface area (Å²) in [6.07, 6.45) is 0. The molecule has 0 aliphatic carbocycles. The summed E-state index contributed by atoms with van der Waals surface area (Å²) in [6.45, 7) is -0.0238. The number of hydrogen-bond donors (Lipinski definition) is 1. The summed E-state index contributed by atoms with van der Waals surface area (Å²) in [6, 6.07) is 8.22. The van der Waals surface area contributed by atoms with Gasteiger partial charge in [-0.15, -0.1) is 0 Å². The van der Waals surface area contributed by atoms with Gasteiger partial charge in [-0.05, 0) is 12.1 Å². The monoisotopic (exact) mass is 137 g/mol. The second kappa shape index (κ2) is 3.22. The Morgan fingerprint density at radius 1 is 1.70 bits per heavy atom. The molecule has 0 aliphatic rings. The van der Waals surface area contributed by atoms with Crippen molar-refractivity contribution in [1.29, 1.82) is 0 Å². The second-order valence-corrected chi connectivity index (χ2v) is 1.88. The van der Waals surface area contributed by atoms with E-state index in [1.807, 2.05) is 6.07 Å². The number of hydrogen-bond acceptors (Lipinski definition) is 2. The molecule has 2 heteroatoms. The van der Waals surface area contributed by atoms with E-state index in [1.165, 1.54) is 0 Å². The summed E-state index contributed by atoms with van der Waals surface area (Å²) in [5.41, 5.74) is 0.699. The summed E-state index contributed by atoms with van der Waals surface area (Å²) in [4.78, 5) is 0. The summed E-state index contributed by atoms with van der Waals surface area (Å²) in [7, 11) is 1.57. The van der Waals surface area contributed by atoms with Crippen LogP contribution in [0.2, 0.25) is 0 Å². The highest BCUT2D eigenvalue weighted by atomic mass is 16.5. The fraction of sp³-hybridized carbons (Fsp3) is 0.250. The minimum atomic E-state index is -0.0238. The molecule has 0 spiro atoms. The van der Waals surface area contributed by atoms with E-state index < -0.39 is 0 Å². The molecule has 0 fully saturated rings. The van der Waals surface area contributed by atoms with Crippen LogP contribution < -0.4 is 4.74 Å². The molecule has 1 radical (unpaired) electrons. The molecule has 0 aromatic heterocycles. The minimum absolute atomic E-state index is 0.0238. The molecule has 1 aromatic rings. The Labute approximate surface area is 60.1 Å². The predicted molar refractivity (Wildman–Crippen MR) is 37.8 cm³/mol. The van der Waals surface area contributed by atoms with Gasteiger partial charge in [0.15, 0.2) is 0 Å². The lowest BCUT2D eigenvalue weighted by Crippen LogP contribution is -1.90. The molecule has 0 unspecified atom stereocenters. The van der Waals surface area contributed by atoms with Crippen LogP contribution in [0.15, 0.2) is 18.2 Å². The van der Waals surface area contributed by atoms with Crippen LogP contribution in [0, 0.1) is 6.07 Å². The maximum atomic E-state index is 8.74. The molecule has 0 heterocycles. The van der Waals surface area contributed by atoms with E-state index in [0.717, 1.165) is 0 Å². The molecule has 0 amide bonds. The maximum absolute atomic E-state index is 8.74. The van der Waals surface area contributed by atoms with Crippen molar-refractivity contribution in [3.63, 3.8) is 0 Å². The molecule has 1 N–H and O–H groups in total. The lowest BCUT2D eigenvalue weighted by molar-refractivity contribution is 0.273. The molecule has 0 saturated heterocycles. The molecule has 0 atom stereocenters. The predicted octanol–water partition coefficient (Wildman–Crippen LogP) is 0.988. The first-order valence-corrected chi connectivity index (χ1v) is 3.03. The number of aliphatic hydroxyl groups is 1. The highest BCUT2D eigenvalue weighted by Crippen LogP contribution is 2.15. The lowest BCUT2D eigenvalue weighted by Gasteiger charge is -2.02. The third kappa shape index (κ3) is 1.28. The van der Waals surface area contributed by atoms with Crippen molar-refractivity contribution < 1.29 is 9.84 Å². The van der Waals surface area contributed by atoms with Crippen LogP contribution in [0.5, 0.6) is 5.75 Å². The van der Waals surface area contributed by atoms with Crippen molar-refractivity contribution >= 4 is 0 Å². The maximum Gasteiger partial charge on any atom is 0.124 e. The first kappa shape index (κ1) is 7.09. The van der Waals surface area contributed by atoms with Crippen molar-refractivity contribution in [1.82, 2.24) is 0 Å². The van der Waals surface area contributed by atoms with Gasteiger partial charge >= 0.3 is 0 Å². The quantitative estimate of drug-likeness (QED) is 0.658. The summed E-state index contributed by atoms with van der Waals surface area (Å²) >= 11 is 0. The van der Waals surface area contributed by atoms with Crippen molar-refractivity contribution in [2.45, 2.75) is 6.61 Å². The zero-order chi connectivity index (χ0) is 7.40. The van der Waals surface area contributed by atoms with Gasteiger partial charge in [0.25, 0.3) is 0 Å². The van der Waals surface area contributed by atoms with E-state index in [2.05, 4.69) is 6.07 Å². The van der Waals surface area contributed by atoms with E-state index >= 15 is 0 Å². The molecule has 1 aromatic carbocycles. The first-order valence-electron chi connectivity index (χ1n) is 3.03. The van der Waals surface area contributed by atoms with Crippen molar-refractivity contribution in [3.05, 3.63) is 29.8 Å². The van der Waals surface area contributed by atoms with Crippen LogP contribution in [0.25, 0.3) is 0 Å². The Morgan fingerprint density at radius 3 is 3.00 bits per heavy atom. The SMILES string of the molecule is COc1ccc[c]c1CO. The third-order valence-corrected chi connectivity index (χ3v) is 1.28. The fourth-order valence-electron chi connectivity index (χ4n) is 0.771. The molecule has 10 heavy (non-hydrogen) atoms. The topological polar surface area (TPSA) is 29.5 Å². The van der Waals surface area contributed by atoms with E-state index in [4.69, 9.17) is 9.84 Å². The number of rotatable bonds is 2. The normalized spacial score (nSPS) is 9.40. The highest BCUT2D eigenvalue weighted by molar-refractivity contribution is 5.31. The summed E-state index contributed by atoms with van der Waals surface area (Å²) in [5, 5.41) is 8.74.